The van der Waals surface area contributed by atoms with Gasteiger partial charge in [-0.25, -0.2) is 9.59 Å². The molecule has 15 heteroatoms. The summed E-state index contributed by atoms with van der Waals surface area (Å²) >= 11 is 0. The van der Waals surface area contributed by atoms with Gasteiger partial charge in [-0.2, -0.15) is 8.42 Å². The Kier molecular flexibility index (Phi) is 7.96. The SMILES string of the molecule is O=C1OC2(c3ccc(O)cc3Oc3cc(O)ccc32)c2ccccc21.O=C1OC2(c3ccc(O)cc3Oc3cc(O)ccc32)c2ccccc21.O=S(=O)(O)O. The molecule has 0 aromatic heterocycles. The maximum absolute atomic E-state index is 12.5. The van der Waals surface area contributed by atoms with Gasteiger partial charge in [-0.3, -0.25) is 9.11 Å². The highest BCUT2D eigenvalue weighted by Crippen LogP contribution is 2.58. The van der Waals surface area contributed by atoms with E-state index in [0.717, 1.165) is 0 Å². The number of esters is 2. The summed E-state index contributed by atoms with van der Waals surface area (Å²) < 4.78 is 55.1. The number of carbonyl (C=O) groups is 2. The highest BCUT2D eigenvalue weighted by atomic mass is 32.3. The number of aromatic hydroxyl groups is 4. The number of phenols is 4. The van der Waals surface area contributed by atoms with Gasteiger partial charge in [-0.15, -0.1) is 0 Å². The van der Waals surface area contributed by atoms with Crippen molar-refractivity contribution in [2.75, 3.05) is 0 Å². The molecule has 0 aliphatic carbocycles. The summed E-state index contributed by atoms with van der Waals surface area (Å²) in [6.07, 6.45) is 0. The lowest BCUT2D eigenvalue weighted by atomic mass is 9.77. The number of phenolic OH excluding ortho intramolecular Hbond substituents is 4. The van der Waals surface area contributed by atoms with Crippen LogP contribution in [0.4, 0.5) is 0 Å². The zero-order valence-corrected chi connectivity index (χ0v) is 28.7. The molecule has 10 rings (SSSR count). The number of ether oxygens (including phenoxy) is 4. The van der Waals surface area contributed by atoms with E-state index >= 15 is 0 Å². The first-order valence-corrected chi connectivity index (χ1v) is 17.6. The van der Waals surface area contributed by atoms with Gasteiger partial charge < -0.3 is 39.4 Å². The van der Waals surface area contributed by atoms with Crippen LogP contribution in [0.1, 0.15) is 54.1 Å². The minimum atomic E-state index is -4.67. The predicted molar refractivity (Wildman–Crippen MR) is 190 cm³/mol. The zero-order valence-electron chi connectivity index (χ0n) is 27.9. The van der Waals surface area contributed by atoms with Gasteiger partial charge in [0.1, 0.15) is 46.0 Å². The van der Waals surface area contributed by atoms with E-state index in [4.69, 9.17) is 36.5 Å². The van der Waals surface area contributed by atoms with E-state index in [0.29, 0.717) is 67.5 Å². The normalized spacial score (nSPS) is 15.4. The molecular formula is C40H26O14S. The van der Waals surface area contributed by atoms with Crippen molar-refractivity contribution in [3.8, 4) is 46.0 Å². The van der Waals surface area contributed by atoms with Crippen molar-refractivity contribution in [3.63, 3.8) is 0 Å². The van der Waals surface area contributed by atoms with Crippen LogP contribution >= 0.6 is 0 Å². The number of rotatable bonds is 0. The van der Waals surface area contributed by atoms with Gasteiger partial charge in [-0.05, 0) is 60.7 Å². The van der Waals surface area contributed by atoms with Crippen LogP contribution in [0.3, 0.4) is 0 Å². The lowest BCUT2D eigenvalue weighted by Gasteiger charge is -2.36. The Balaban J connectivity index is 0.000000139. The van der Waals surface area contributed by atoms with E-state index in [1.165, 1.54) is 48.5 Å². The van der Waals surface area contributed by atoms with Crippen molar-refractivity contribution in [3.05, 3.63) is 166 Å². The van der Waals surface area contributed by atoms with Gasteiger partial charge in [0, 0.05) is 57.6 Å². The molecule has 0 unspecified atom stereocenters. The van der Waals surface area contributed by atoms with Crippen molar-refractivity contribution in [2.24, 2.45) is 0 Å². The largest absolute Gasteiger partial charge is 0.508 e. The Bertz CT molecular complexity index is 2420. The second kappa shape index (κ2) is 12.5. The van der Waals surface area contributed by atoms with Crippen molar-refractivity contribution >= 4 is 22.3 Å². The summed E-state index contributed by atoms with van der Waals surface area (Å²) in [5, 5.41) is 39.3. The van der Waals surface area contributed by atoms with Gasteiger partial charge >= 0.3 is 22.3 Å². The monoisotopic (exact) mass is 762 g/mol. The van der Waals surface area contributed by atoms with E-state index in [2.05, 4.69) is 0 Å². The van der Waals surface area contributed by atoms with Crippen LogP contribution in [0.15, 0.2) is 121 Å². The quantitative estimate of drug-likeness (QED) is 0.0701. The molecule has 55 heavy (non-hydrogen) atoms. The minimum absolute atomic E-state index is 0.0371. The fraction of sp³-hybridized carbons (Fsp3) is 0.0500. The van der Waals surface area contributed by atoms with Crippen molar-refractivity contribution in [1.29, 1.82) is 0 Å². The van der Waals surface area contributed by atoms with Gasteiger partial charge in [-0.1, -0.05) is 36.4 Å². The average molecular weight is 763 g/mol. The highest BCUT2D eigenvalue weighted by molar-refractivity contribution is 7.79. The van der Waals surface area contributed by atoms with Gasteiger partial charge in [0.05, 0.1) is 11.1 Å². The van der Waals surface area contributed by atoms with Gasteiger partial charge in [0.2, 0.25) is 0 Å². The minimum Gasteiger partial charge on any atom is -0.508 e. The van der Waals surface area contributed by atoms with Crippen molar-refractivity contribution < 1.29 is 66.5 Å². The summed E-state index contributed by atoms with van der Waals surface area (Å²) in [5.74, 6) is 0.817. The third-order valence-electron chi connectivity index (χ3n) is 9.36. The molecule has 14 nitrogen and oxygen atoms in total. The summed E-state index contributed by atoms with van der Waals surface area (Å²) in [4.78, 5) is 25.1. The van der Waals surface area contributed by atoms with E-state index < -0.39 is 33.5 Å². The van der Waals surface area contributed by atoms with E-state index in [1.807, 2.05) is 24.3 Å². The van der Waals surface area contributed by atoms with Crippen LogP contribution in [0.25, 0.3) is 0 Å². The third kappa shape index (κ3) is 5.70. The van der Waals surface area contributed by atoms with Crippen molar-refractivity contribution in [1.82, 2.24) is 0 Å². The molecule has 2 spiro atoms. The number of carbonyl (C=O) groups excluding carboxylic acids is 2. The standard InChI is InChI=1S/2C20H12O5.H2O4S/c2*21-11-5-7-15-17(9-11)24-18-10-12(22)6-8-16(18)20(15)14-4-2-1-3-13(14)19(23)25-20;1-5(2,3)4/h2*1-10,21-22H;(H2,1,2,3,4). The van der Waals surface area contributed by atoms with Crippen LogP contribution in [-0.2, 0) is 31.1 Å². The molecule has 6 aromatic rings. The lowest BCUT2D eigenvalue weighted by Crippen LogP contribution is -2.32. The molecule has 0 saturated heterocycles. The maximum Gasteiger partial charge on any atom is 0.394 e. The van der Waals surface area contributed by atoms with Gasteiger partial charge in [0.15, 0.2) is 11.2 Å². The fourth-order valence-corrected chi connectivity index (χ4v) is 7.31. The number of hydrogen-bond acceptors (Lipinski definition) is 12. The number of benzene rings is 6. The molecule has 4 heterocycles. The summed E-state index contributed by atoms with van der Waals surface area (Å²) in [6.45, 7) is 0. The van der Waals surface area contributed by atoms with E-state index in [9.17, 15) is 30.0 Å². The average Bonchev–Trinajstić information content (AvgIpc) is 3.59. The maximum atomic E-state index is 12.5. The molecule has 0 radical (unpaired) electrons. The Morgan fingerprint density at radius 2 is 0.691 bits per heavy atom. The fourth-order valence-electron chi connectivity index (χ4n) is 7.31. The van der Waals surface area contributed by atoms with Crippen LogP contribution in [-0.4, -0.2) is 49.9 Å². The second-order valence-corrected chi connectivity index (χ2v) is 13.5. The molecule has 276 valence electrons. The molecular weight excluding hydrogens is 736 g/mol. The first-order chi connectivity index (χ1) is 26.2. The zero-order chi connectivity index (χ0) is 38.9. The molecule has 4 aliphatic heterocycles. The number of fused-ring (bicyclic) bond motifs is 12. The molecule has 0 bridgehead atoms. The predicted octanol–water partition coefficient (Wildman–Crippen LogP) is 6.68. The molecule has 6 aromatic carbocycles. The van der Waals surface area contributed by atoms with Crippen LogP contribution in [0.2, 0.25) is 0 Å². The van der Waals surface area contributed by atoms with Crippen LogP contribution in [0, 0.1) is 0 Å². The highest BCUT2D eigenvalue weighted by Gasteiger charge is 2.55. The van der Waals surface area contributed by atoms with Crippen molar-refractivity contribution in [2.45, 2.75) is 11.2 Å². The van der Waals surface area contributed by atoms with Gasteiger partial charge in [0.25, 0.3) is 0 Å². The smallest absolute Gasteiger partial charge is 0.394 e. The molecule has 0 atom stereocenters. The second-order valence-electron chi connectivity index (χ2n) is 12.6. The Labute approximate surface area is 311 Å². The molecule has 0 saturated carbocycles. The topological polar surface area (TPSA) is 227 Å². The summed E-state index contributed by atoms with van der Waals surface area (Å²) in [6, 6.07) is 33.2. The van der Waals surface area contributed by atoms with Crippen LogP contribution in [0.5, 0.6) is 46.0 Å². The molecule has 6 N–H and O–H groups in total. The Morgan fingerprint density at radius 3 is 0.982 bits per heavy atom. The molecule has 0 amide bonds. The summed E-state index contributed by atoms with van der Waals surface area (Å²) in [7, 11) is -4.67. The number of hydrogen-bond donors (Lipinski definition) is 6. The first kappa shape index (κ1) is 35.0. The van der Waals surface area contributed by atoms with Crippen LogP contribution < -0.4 is 9.47 Å². The summed E-state index contributed by atoms with van der Waals surface area (Å²) in [5.41, 5.74) is 2.57. The Morgan fingerprint density at radius 1 is 0.418 bits per heavy atom. The van der Waals surface area contributed by atoms with E-state index in [1.54, 1.807) is 48.5 Å². The molecule has 4 aliphatic rings. The molecule has 0 fully saturated rings. The lowest BCUT2D eigenvalue weighted by molar-refractivity contribution is 0.0214. The van der Waals surface area contributed by atoms with E-state index in [-0.39, 0.29) is 23.0 Å². The third-order valence-corrected chi connectivity index (χ3v) is 9.36. The first-order valence-electron chi connectivity index (χ1n) is 16.2. The Hall–Kier alpha value is -7.07.